The van der Waals surface area contributed by atoms with Gasteiger partial charge in [-0.3, -0.25) is 4.18 Å². The lowest BCUT2D eigenvalue weighted by Crippen LogP contribution is -2.39. The fraction of sp³-hybridized carbons (Fsp3) is 0.769. The van der Waals surface area contributed by atoms with E-state index in [0.717, 1.165) is 18.2 Å². The standard InChI is InChI=1S/C13H23NO5S/c1-5-18-20(16,17)10-8-11-7-6-9-14(11)12(15)19-13(2,3)4/h8,10-11H,5-7,9H2,1-4H3/b10-8+/t11-/m0/s1. The highest BCUT2D eigenvalue weighted by Crippen LogP contribution is 2.22. The highest BCUT2D eigenvalue weighted by Gasteiger charge is 2.30. The maximum atomic E-state index is 12.0. The van der Waals surface area contributed by atoms with Crippen molar-refractivity contribution in [2.45, 2.75) is 52.2 Å². The number of rotatable bonds is 4. The fourth-order valence-electron chi connectivity index (χ4n) is 1.93. The van der Waals surface area contributed by atoms with E-state index in [4.69, 9.17) is 4.74 Å². The van der Waals surface area contributed by atoms with Gasteiger partial charge in [0.25, 0.3) is 10.1 Å². The van der Waals surface area contributed by atoms with Crippen LogP contribution in [0.25, 0.3) is 0 Å². The Morgan fingerprint density at radius 3 is 2.60 bits per heavy atom. The highest BCUT2D eigenvalue weighted by atomic mass is 32.2. The van der Waals surface area contributed by atoms with E-state index in [0.29, 0.717) is 6.54 Å². The zero-order valence-electron chi connectivity index (χ0n) is 12.5. The van der Waals surface area contributed by atoms with Crippen LogP contribution >= 0.6 is 0 Å². The third-order valence-electron chi connectivity index (χ3n) is 2.68. The molecule has 1 fully saturated rings. The lowest BCUT2D eigenvalue weighted by Gasteiger charge is -2.27. The molecule has 0 spiro atoms. The van der Waals surface area contributed by atoms with Crippen molar-refractivity contribution in [1.29, 1.82) is 0 Å². The first-order valence-corrected chi connectivity index (χ1v) is 8.19. The summed E-state index contributed by atoms with van der Waals surface area (Å²) in [6.07, 6.45) is 2.61. The van der Waals surface area contributed by atoms with Crippen LogP contribution in [0.4, 0.5) is 4.79 Å². The van der Waals surface area contributed by atoms with Crippen LogP contribution < -0.4 is 0 Å². The summed E-state index contributed by atoms with van der Waals surface area (Å²) in [6.45, 7) is 7.65. The molecule has 1 aliphatic rings. The summed E-state index contributed by atoms with van der Waals surface area (Å²) < 4.78 is 32.8. The van der Waals surface area contributed by atoms with Gasteiger partial charge >= 0.3 is 6.09 Å². The lowest BCUT2D eigenvalue weighted by atomic mass is 10.2. The van der Waals surface area contributed by atoms with Crippen molar-refractivity contribution in [3.8, 4) is 0 Å². The molecule has 1 atom stereocenters. The van der Waals surface area contributed by atoms with Crippen molar-refractivity contribution in [2.75, 3.05) is 13.2 Å². The quantitative estimate of drug-likeness (QED) is 0.745. The summed E-state index contributed by atoms with van der Waals surface area (Å²) in [7, 11) is -3.66. The van der Waals surface area contributed by atoms with Crippen molar-refractivity contribution in [3.05, 3.63) is 11.5 Å². The molecule has 116 valence electrons. The Bertz CT molecular complexity index is 464. The monoisotopic (exact) mass is 305 g/mol. The van der Waals surface area contributed by atoms with Crippen LogP contribution in [0.1, 0.15) is 40.5 Å². The molecular weight excluding hydrogens is 282 g/mol. The van der Waals surface area contributed by atoms with Crippen molar-refractivity contribution >= 4 is 16.2 Å². The van der Waals surface area contributed by atoms with Gasteiger partial charge in [-0.25, -0.2) is 4.79 Å². The van der Waals surface area contributed by atoms with Gasteiger partial charge in [-0.2, -0.15) is 8.42 Å². The first-order valence-electron chi connectivity index (χ1n) is 6.72. The van der Waals surface area contributed by atoms with Crippen LogP contribution in [0, 0.1) is 0 Å². The molecule has 0 aliphatic carbocycles. The number of nitrogens with zero attached hydrogens (tertiary/aromatic N) is 1. The molecule has 0 saturated carbocycles. The zero-order chi connectivity index (χ0) is 15.4. The van der Waals surface area contributed by atoms with E-state index < -0.39 is 21.8 Å². The number of hydrogen-bond donors (Lipinski definition) is 0. The lowest BCUT2D eigenvalue weighted by molar-refractivity contribution is 0.0256. The molecule has 20 heavy (non-hydrogen) atoms. The minimum absolute atomic E-state index is 0.0904. The zero-order valence-corrected chi connectivity index (χ0v) is 13.3. The molecule has 1 amide bonds. The molecule has 0 bridgehead atoms. The van der Waals surface area contributed by atoms with E-state index in [2.05, 4.69) is 4.18 Å². The predicted molar refractivity (Wildman–Crippen MR) is 75.6 cm³/mol. The number of hydrogen-bond acceptors (Lipinski definition) is 5. The van der Waals surface area contributed by atoms with Crippen LogP contribution in [0.2, 0.25) is 0 Å². The molecule has 1 aliphatic heterocycles. The smallest absolute Gasteiger partial charge is 0.410 e. The first-order chi connectivity index (χ1) is 9.14. The molecule has 0 aromatic heterocycles. The molecule has 1 heterocycles. The summed E-state index contributed by atoms with van der Waals surface area (Å²) in [5, 5.41) is 1.02. The molecule has 1 rings (SSSR count). The predicted octanol–water partition coefficient (Wildman–Crippen LogP) is 2.27. The highest BCUT2D eigenvalue weighted by molar-refractivity contribution is 7.89. The Hall–Kier alpha value is -1.08. The van der Waals surface area contributed by atoms with Gasteiger partial charge in [0.15, 0.2) is 0 Å². The molecule has 7 heteroatoms. The molecule has 1 saturated heterocycles. The van der Waals surface area contributed by atoms with Gasteiger partial charge in [-0.05, 0) is 46.6 Å². The van der Waals surface area contributed by atoms with Gasteiger partial charge in [0.2, 0.25) is 0 Å². The van der Waals surface area contributed by atoms with Crippen LogP contribution in [-0.2, 0) is 19.0 Å². The Morgan fingerprint density at radius 1 is 1.40 bits per heavy atom. The Balaban J connectivity index is 2.71. The number of carbonyl (C=O) groups is 1. The van der Waals surface area contributed by atoms with Crippen molar-refractivity contribution in [2.24, 2.45) is 0 Å². The second-order valence-corrected chi connectivity index (χ2v) is 7.10. The second kappa shape index (κ2) is 6.58. The van der Waals surface area contributed by atoms with Crippen LogP contribution in [-0.4, -0.2) is 44.2 Å². The summed E-state index contributed by atoms with van der Waals surface area (Å²) in [5.74, 6) is 0. The Morgan fingerprint density at radius 2 is 2.05 bits per heavy atom. The van der Waals surface area contributed by atoms with E-state index in [1.807, 2.05) is 0 Å². The van der Waals surface area contributed by atoms with E-state index in [1.54, 1.807) is 32.6 Å². The molecule has 0 radical (unpaired) electrons. The number of ether oxygens (including phenoxy) is 1. The summed E-state index contributed by atoms with van der Waals surface area (Å²) in [4.78, 5) is 13.6. The number of carbonyl (C=O) groups excluding carboxylic acids is 1. The molecule has 0 aromatic carbocycles. The third kappa shape index (κ3) is 5.50. The largest absolute Gasteiger partial charge is 0.444 e. The van der Waals surface area contributed by atoms with Gasteiger partial charge in [-0.1, -0.05) is 0 Å². The van der Waals surface area contributed by atoms with Crippen molar-refractivity contribution in [3.63, 3.8) is 0 Å². The summed E-state index contributed by atoms with van der Waals surface area (Å²) in [6, 6.07) is -0.264. The average Bonchev–Trinajstić information content (AvgIpc) is 2.72. The van der Waals surface area contributed by atoms with Crippen molar-refractivity contribution in [1.82, 2.24) is 4.90 Å². The van der Waals surface area contributed by atoms with Crippen molar-refractivity contribution < 1.29 is 22.1 Å². The SMILES string of the molecule is CCOS(=O)(=O)/C=C/[C@@H]1CCCN1C(=O)OC(C)(C)C. The molecule has 6 nitrogen and oxygen atoms in total. The van der Waals surface area contributed by atoms with E-state index in [9.17, 15) is 13.2 Å². The Labute approximate surface area is 120 Å². The van der Waals surface area contributed by atoms with Gasteiger partial charge < -0.3 is 9.64 Å². The fourth-order valence-corrected chi connectivity index (χ4v) is 2.71. The first kappa shape index (κ1) is 17.0. The van der Waals surface area contributed by atoms with Gasteiger partial charge in [0, 0.05) is 6.54 Å². The maximum absolute atomic E-state index is 12.0. The molecule has 0 aromatic rings. The summed E-state index contributed by atoms with van der Waals surface area (Å²) in [5.41, 5.74) is -0.564. The van der Waals surface area contributed by atoms with E-state index in [1.165, 1.54) is 6.08 Å². The summed E-state index contributed by atoms with van der Waals surface area (Å²) >= 11 is 0. The second-order valence-electron chi connectivity index (χ2n) is 5.61. The number of amides is 1. The molecule has 0 unspecified atom stereocenters. The minimum Gasteiger partial charge on any atom is -0.444 e. The molecular formula is C13H23NO5S. The Kier molecular flexibility index (Phi) is 5.59. The minimum atomic E-state index is -3.66. The molecule has 0 N–H and O–H groups in total. The third-order valence-corrected chi connectivity index (χ3v) is 3.73. The number of likely N-dealkylation sites (tertiary alicyclic amines) is 1. The normalized spacial score (nSPS) is 20.6. The maximum Gasteiger partial charge on any atom is 0.410 e. The van der Waals surface area contributed by atoms with E-state index in [-0.39, 0.29) is 12.6 Å². The van der Waals surface area contributed by atoms with Crippen LogP contribution in [0.5, 0.6) is 0 Å². The van der Waals surface area contributed by atoms with Crippen LogP contribution in [0.15, 0.2) is 11.5 Å². The topological polar surface area (TPSA) is 72.9 Å². The average molecular weight is 305 g/mol. The van der Waals surface area contributed by atoms with Gasteiger partial charge in [0.05, 0.1) is 18.1 Å². The van der Waals surface area contributed by atoms with Crippen LogP contribution in [0.3, 0.4) is 0 Å². The van der Waals surface area contributed by atoms with Gasteiger partial charge in [-0.15, -0.1) is 0 Å². The van der Waals surface area contributed by atoms with E-state index >= 15 is 0 Å². The van der Waals surface area contributed by atoms with Gasteiger partial charge in [0.1, 0.15) is 5.60 Å².